The molecule has 2 heterocycles. The van der Waals surface area contributed by atoms with Crippen LogP contribution in [0.1, 0.15) is 51.8 Å². The molecule has 0 aliphatic carbocycles. The number of piperidine rings is 1. The smallest absolute Gasteiger partial charge is 0.185 e. The molecular formula is C13H23N3S. The number of thiazole rings is 1. The Hall–Kier alpha value is -0.610. The van der Waals surface area contributed by atoms with Gasteiger partial charge in [0.1, 0.15) is 0 Å². The Morgan fingerprint density at radius 1 is 1.59 bits per heavy atom. The highest BCUT2D eigenvalue weighted by molar-refractivity contribution is 7.13. The maximum absolute atomic E-state index is 4.78. The molecule has 1 aromatic rings. The standard InChI is InChI=1S/C13H23N3S/c1-4-14-11(3)12-9-17-13(15-12)16-8-6-5-7-10(16)2/h9-11,14H,4-8H2,1-3H3. The number of anilines is 1. The average molecular weight is 253 g/mol. The quantitative estimate of drug-likeness (QED) is 0.893. The zero-order valence-electron chi connectivity index (χ0n) is 11.1. The van der Waals surface area contributed by atoms with E-state index >= 15 is 0 Å². The zero-order valence-corrected chi connectivity index (χ0v) is 11.9. The fraction of sp³-hybridized carbons (Fsp3) is 0.769. The third-order valence-electron chi connectivity index (χ3n) is 3.51. The normalized spacial score (nSPS) is 22.8. The molecule has 0 saturated carbocycles. The molecular weight excluding hydrogens is 230 g/mol. The first-order chi connectivity index (χ1) is 8.22. The second-order valence-electron chi connectivity index (χ2n) is 4.87. The summed E-state index contributed by atoms with van der Waals surface area (Å²) in [6, 6.07) is 1.02. The van der Waals surface area contributed by atoms with E-state index in [1.807, 2.05) is 0 Å². The van der Waals surface area contributed by atoms with Crippen LogP contribution in [0.15, 0.2) is 5.38 Å². The molecule has 96 valence electrons. The van der Waals surface area contributed by atoms with E-state index in [1.54, 1.807) is 11.3 Å². The molecule has 2 atom stereocenters. The third-order valence-corrected chi connectivity index (χ3v) is 4.41. The lowest BCUT2D eigenvalue weighted by molar-refractivity contribution is 0.483. The number of nitrogens with zero attached hydrogens (tertiary/aromatic N) is 2. The molecule has 0 aromatic carbocycles. The van der Waals surface area contributed by atoms with Crippen molar-refractivity contribution in [2.75, 3.05) is 18.0 Å². The van der Waals surface area contributed by atoms with E-state index in [-0.39, 0.29) is 0 Å². The predicted octanol–water partition coefficient (Wildman–Crippen LogP) is 3.19. The van der Waals surface area contributed by atoms with Gasteiger partial charge in [-0.2, -0.15) is 0 Å². The molecule has 3 nitrogen and oxygen atoms in total. The van der Waals surface area contributed by atoms with Gasteiger partial charge in [-0.15, -0.1) is 11.3 Å². The Bertz CT molecular complexity index is 350. The van der Waals surface area contributed by atoms with Crippen molar-refractivity contribution in [2.45, 2.75) is 52.1 Å². The molecule has 1 aliphatic rings. The van der Waals surface area contributed by atoms with Crippen molar-refractivity contribution in [3.8, 4) is 0 Å². The van der Waals surface area contributed by atoms with E-state index in [0.717, 1.165) is 6.54 Å². The van der Waals surface area contributed by atoms with Gasteiger partial charge in [0.25, 0.3) is 0 Å². The van der Waals surface area contributed by atoms with Gasteiger partial charge < -0.3 is 10.2 Å². The summed E-state index contributed by atoms with van der Waals surface area (Å²) >= 11 is 1.79. The molecule has 17 heavy (non-hydrogen) atoms. The van der Waals surface area contributed by atoms with Crippen LogP contribution in [0, 0.1) is 0 Å². The SMILES string of the molecule is CCNC(C)c1csc(N2CCCCC2C)n1. The Morgan fingerprint density at radius 3 is 3.12 bits per heavy atom. The van der Waals surface area contributed by atoms with Gasteiger partial charge in [-0.05, 0) is 39.7 Å². The van der Waals surface area contributed by atoms with Crippen LogP contribution in [0.5, 0.6) is 0 Å². The molecule has 2 unspecified atom stereocenters. The van der Waals surface area contributed by atoms with Gasteiger partial charge >= 0.3 is 0 Å². The van der Waals surface area contributed by atoms with Crippen molar-refractivity contribution < 1.29 is 0 Å². The van der Waals surface area contributed by atoms with Crippen LogP contribution in [0.3, 0.4) is 0 Å². The number of hydrogen-bond acceptors (Lipinski definition) is 4. The van der Waals surface area contributed by atoms with Crippen LogP contribution in [0.2, 0.25) is 0 Å². The summed E-state index contributed by atoms with van der Waals surface area (Å²) in [5.74, 6) is 0. The summed E-state index contributed by atoms with van der Waals surface area (Å²) in [5, 5.41) is 6.82. The summed E-state index contributed by atoms with van der Waals surface area (Å²) in [5.41, 5.74) is 1.18. The first kappa shape index (κ1) is 12.8. The summed E-state index contributed by atoms with van der Waals surface area (Å²) in [4.78, 5) is 7.25. The maximum Gasteiger partial charge on any atom is 0.185 e. The van der Waals surface area contributed by atoms with Crippen molar-refractivity contribution in [2.24, 2.45) is 0 Å². The van der Waals surface area contributed by atoms with E-state index in [4.69, 9.17) is 4.98 Å². The monoisotopic (exact) mass is 253 g/mol. The molecule has 1 saturated heterocycles. The summed E-state index contributed by atoms with van der Waals surface area (Å²) in [7, 11) is 0. The summed E-state index contributed by atoms with van der Waals surface area (Å²) < 4.78 is 0. The molecule has 0 spiro atoms. The van der Waals surface area contributed by atoms with Crippen LogP contribution in [-0.4, -0.2) is 24.1 Å². The second kappa shape index (κ2) is 5.83. The van der Waals surface area contributed by atoms with Crippen molar-refractivity contribution in [1.29, 1.82) is 0 Å². The van der Waals surface area contributed by atoms with E-state index in [9.17, 15) is 0 Å². The Kier molecular flexibility index (Phi) is 4.40. The summed E-state index contributed by atoms with van der Waals surface area (Å²) in [6.07, 6.45) is 3.98. The van der Waals surface area contributed by atoms with Gasteiger partial charge in [0.2, 0.25) is 0 Å². The van der Waals surface area contributed by atoms with Crippen LogP contribution in [-0.2, 0) is 0 Å². The van der Waals surface area contributed by atoms with Gasteiger partial charge in [-0.1, -0.05) is 6.92 Å². The maximum atomic E-state index is 4.78. The highest BCUT2D eigenvalue weighted by Crippen LogP contribution is 2.29. The van der Waals surface area contributed by atoms with Crippen molar-refractivity contribution in [3.63, 3.8) is 0 Å². The molecule has 2 rings (SSSR count). The fourth-order valence-electron chi connectivity index (χ4n) is 2.40. The van der Waals surface area contributed by atoms with Crippen LogP contribution >= 0.6 is 11.3 Å². The van der Waals surface area contributed by atoms with Gasteiger partial charge in [0, 0.05) is 24.0 Å². The number of rotatable bonds is 4. The largest absolute Gasteiger partial charge is 0.345 e. The topological polar surface area (TPSA) is 28.2 Å². The van der Waals surface area contributed by atoms with Crippen LogP contribution in [0.4, 0.5) is 5.13 Å². The Morgan fingerprint density at radius 2 is 2.41 bits per heavy atom. The first-order valence-corrected chi connectivity index (χ1v) is 7.55. The second-order valence-corrected chi connectivity index (χ2v) is 5.71. The number of aromatic nitrogens is 1. The molecule has 0 amide bonds. The minimum absolute atomic E-state index is 0.366. The number of hydrogen-bond donors (Lipinski definition) is 1. The number of nitrogens with one attached hydrogen (secondary N) is 1. The third kappa shape index (κ3) is 2.99. The van der Waals surface area contributed by atoms with E-state index < -0.39 is 0 Å². The molecule has 1 N–H and O–H groups in total. The molecule has 1 fully saturated rings. The summed E-state index contributed by atoms with van der Waals surface area (Å²) in [6.45, 7) is 8.80. The van der Waals surface area contributed by atoms with Gasteiger partial charge in [0.15, 0.2) is 5.13 Å². The van der Waals surface area contributed by atoms with Gasteiger partial charge in [-0.3, -0.25) is 0 Å². The van der Waals surface area contributed by atoms with E-state index in [2.05, 4.69) is 36.4 Å². The van der Waals surface area contributed by atoms with Crippen LogP contribution < -0.4 is 10.2 Å². The highest BCUT2D eigenvalue weighted by Gasteiger charge is 2.21. The first-order valence-electron chi connectivity index (χ1n) is 6.67. The molecule has 0 radical (unpaired) electrons. The van der Waals surface area contributed by atoms with Crippen molar-refractivity contribution in [3.05, 3.63) is 11.1 Å². The average Bonchev–Trinajstić information content (AvgIpc) is 2.79. The minimum atomic E-state index is 0.366. The molecule has 0 bridgehead atoms. The zero-order chi connectivity index (χ0) is 12.3. The Labute approximate surface area is 108 Å². The highest BCUT2D eigenvalue weighted by atomic mass is 32.1. The van der Waals surface area contributed by atoms with Crippen molar-refractivity contribution in [1.82, 2.24) is 10.3 Å². The van der Waals surface area contributed by atoms with E-state index in [0.29, 0.717) is 12.1 Å². The Balaban J connectivity index is 2.06. The van der Waals surface area contributed by atoms with Gasteiger partial charge in [-0.25, -0.2) is 4.98 Å². The van der Waals surface area contributed by atoms with E-state index in [1.165, 1.54) is 36.6 Å². The molecule has 4 heteroatoms. The fourth-order valence-corrected chi connectivity index (χ4v) is 3.45. The van der Waals surface area contributed by atoms with Gasteiger partial charge in [0.05, 0.1) is 5.69 Å². The molecule has 1 aliphatic heterocycles. The molecule has 1 aromatic heterocycles. The lowest BCUT2D eigenvalue weighted by Crippen LogP contribution is -2.37. The lowest BCUT2D eigenvalue weighted by atomic mass is 10.1. The lowest BCUT2D eigenvalue weighted by Gasteiger charge is -2.33. The minimum Gasteiger partial charge on any atom is -0.345 e. The van der Waals surface area contributed by atoms with Crippen molar-refractivity contribution >= 4 is 16.5 Å². The van der Waals surface area contributed by atoms with Crippen LogP contribution in [0.25, 0.3) is 0 Å². The predicted molar refractivity (Wildman–Crippen MR) is 74.9 cm³/mol.